The number of benzene rings is 1. The summed E-state index contributed by atoms with van der Waals surface area (Å²) in [5.74, 6) is -2.02. The lowest BCUT2D eigenvalue weighted by molar-refractivity contribution is -0.216. The second-order valence-electron chi connectivity index (χ2n) is 2.77. The molecule has 0 aliphatic rings. The number of ether oxygens (including phenoxy) is 2. The molecule has 0 spiro atoms. The first-order valence-corrected chi connectivity index (χ1v) is 4.83. The average molecular weight is 251 g/mol. The normalized spacial score (nSPS) is 11.0. The Kier molecular flexibility index (Phi) is 4.06. The Hall–Kier alpha value is -1.36. The molecule has 0 amide bonds. The van der Waals surface area contributed by atoms with Crippen molar-refractivity contribution >= 4 is 17.6 Å². The van der Waals surface area contributed by atoms with Gasteiger partial charge in [-0.3, -0.25) is 0 Å². The molecule has 0 radical (unpaired) electrons. The number of halogens is 3. The van der Waals surface area contributed by atoms with Gasteiger partial charge >= 0.3 is 12.1 Å². The van der Waals surface area contributed by atoms with Gasteiger partial charge in [-0.2, -0.15) is 8.78 Å². The van der Waals surface area contributed by atoms with Crippen molar-refractivity contribution in [1.29, 1.82) is 0 Å². The Morgan fingerprint density at radius 2 is 2.06 bits per heavy atom. The molecule has 1 aromatic carbocycles. The number of hydrogen-bond acceptors (Lipinski definition) is 3. The van der Waals surface area contributed by atoms with E-state index in [-0.39, 0.29) is 17.4 Å². The van der Waals surface area contributed by atoms with E-state index in [0.717, 1.165) is 0 Å². The fraction of sp³-hybridized carbons (Fsp3) is 0.300. The maximum Gasteiger partial charge on any atom is 0.502 e. The van der Waals surface area contributed by atoms with E-state index in [1.165, 1.54) is 25.1 Å². The van der Waals surface area contributed by atoms with Gasteiger partial charge in [-0.15, -0.1) is 0 Å². The van der Waals surface area contributed by atoms with Gasteiger partial charge in [-0.1, -0.05) is 23.7 Å². The zero-order chi connectivity index (χ0) is 12.2. The molecule has 0 saturated heterocycles. The molecular formula is C10H9ClF2O3. The molecule has 88 valence electrons. The predicted molar refractivity (Wildman–Crippen MR) is 53.7 cm³/mol. The van der Waals surface area contributed by atoms with Crippen LogP contribution in [-0.2, 0) is 9.53 Å². The highest BCUT2D eigenvalue weighted by Gasteiger charge is 2.44. The molecule has 0 aliphatic heterocycles. The van der Waals surface area contributed by atoms with Crippen LogP contribution in [0.2, 0.25) is 5.02 Å². The first kappa shape index (κ1) is 12.7. The summed E-state index contributed by atoms with van der Waals surface area (Å²) in [7, 11) is 0. The summed E-state index contributed by atoms with van der Waals surface area (Å²) in [6.45, 7) is 1.27. The number of para-hydroxylation sites is 1. The van der Waals surface area contributed by atoms with Crippen LogP contribution in [0.15, 0.2) is 24.3 Å². The van der Waals surface area contributed by atoms with E-state index in [4.69, 9.17) is 11.6 Å². The van der Waals surface area contributed by atoms with Gasteiger partial charge in [0.2, 0.25) is 0 Å². The summed E-state index contributed by atoms with van der Waals surface area (Å²) < 4.78 is 34.6. The van der Waals surface area contributed by atoms with Crippen LogP contribution in [0.4, 0.5) is 8.78 Å². The quantitative estimate of drug-likeness (QED) is 0.771. The molecule has 0 aromatic heterocycles. The second-order valence-corrected chi connectivity index (χ2v) is 3.18. The smallest absolute Gasteiger partial charge is 0.459 e. The van der Waals surface area contributed by atoms with E-state index >= 15 is 0 Å². The molecule has 0 aliphatic carbocycles. The van der Waals surface area contributed by atoms with Crippen molar-refractivity contribution in [2.24, 2.45) is 0 Å². The lowest BCUT2D eigenvalue weighted by Crippen LogP contribution is -2.36. The van der Waals surface area contributed by atoms with Crippen LogP contribution in [0.25, 0.3) is 0 Å². The van der Waals surface area contributed by atoms with Crippen LogP contribution in [0.5, 0.6) is 5.75 Å². The largest absolute Gasteiger partial charge is 0.502 e. The van der Waals surface area contributed by atoms with Crippen LogP contribution < -0.4 is 4.74 Å². The molecule has 1 rings (SSSR count). The van der Waals surface area contributed by atoms with Crippen molar-refractivity contribution in [3.05, 3.63) is 29.3 Å². The van der Waals surface area contributed by atoms with Gasteiger partial charge in [0.25, 0.3) is 0 Å². The fourth-order valence-electron chi connectivity index (χ4n) is 0.922. The van der Waals surface area contributed by atoms with Crippen molar-refractivity contribution in [1.82, 2.24) is 0 Å². The van der Waals surface area contributed by atoms with Gasteiger partial charge in [0.1, 0.15) is 5.75 Å². The van der Waals surface area contributed by atoms with E-state index in [2.05, 4.69) is 9.47 Å². The maximum absolute atomic E-state index is 13.1. The van der Waals surface area contributed by atoms with Gasteiger partial charge in [-0.05, 0) is 19.1 Å². The van der Waals surface area contributed by atoms with E-state index in [1.807, 2.05) is 0 Å². The van der Waals surface area contributed by atoms with Crippen LogP contribution in [0.3, 0.4) is 0 Å². The fourth-order valence-corrected chi connectivity index (χ4v) is 1.10. The van der Waals surface area contributed by atoms with E-state index in [1.54, 1.807) is 6.07 Å². The molecule has 0 bridgehead atoms. The molecule has 0 atom stereocenters. The van der Waals surface area contributed by atoms with Crippen LogP contribution >= 0.6 is 11.6 Å². The first-order chi connectivity index (χ1) is 7.47. The SMILES string of the molecule is CCOC(=O)C(F)(F)Oc1ccccc1Cl. The van der Waals surface area contributed by atoms with Crippen molar-refractivity contribution in [2.45, 2.75) is 13.0 Å². The number of carbonyl (C=O) groups is 1. The molecule has 0 unspecified atom stereocenters. The monoisotopic (exact) mass is 250 g/mol. The summed E-state index contributed by atoms with van der Waals surface area (Å²) in [5.41, 5.74) is 0. The molecule has 3 nitrogen and oxygen atoms in total. The highest BCUT2D eigenvalue weighted by atomic mass is 35.5. The molecule has 6 heteroatoms. The first-order valence-electron chi connectivity index (χ1n) is 4.46. The number of esters is 1. The standard InChI is InChI=1S/C10H9ClF2O3/c1-2-15-9(14)10(12,13)16-8-6-4-3-5-7(8)11/h3-6H,2H2,1H3. The van der Waals surface area contributed by atoms with Gasteiger partial charge in [0, 0.05) is 0 Å². The predicted octanol–water partition coefficient (Wildman–Crippen LogP) is 2.87. The zero-order valence-electron chi connectivity index (χ0n) is 8.38. The van der Waals surface area contributed by atoms with E-state index < -0.39 is 12.1 Å². The number of carbonyl (C=O) groups excluding carboxylic acids is 1. The zero-order valence-corrected chi connectivity index (χ0v) is 9.13. The topological polar surface area (TPSA) is 35.5 Å². The summed E-state index contributed by atoms with van der Waals surface area (Å²) in [6.07, 6.45) is -4.04. The van der Waals surface area contributed by atoms with Gasteiger partial charge < -0.3 is 9.47 Å². The molecule has 0 fully saturated rings. The minimum Gasteiger partial charge on any atom is -0.459 e. The van der Waals surface area contributed by atoms with Crippen molar-refractivity contribution in [2.75, 3.05) is 6.61 Å². The Morgan fingerprint density at radius 3 is 2.62 bits per heavy atom. The molecule has 0 saturated carbocycles. The Balaban J connectivity index is 2.80. The van der Waals surface area contributed by atoms with Crippen molar-refractivity contribution in [3.8, 4) is 5.75 Å². The molecule has 0 N–H and O–H groups in total. The van der Waals surface area contributed by atoms with Crippen molar-refractivity contribution < 1.29 is 23.0 Å². The maximum atomic E-state index is 13.1. The highest BCUT2D eigenvalue weighted by Crippen LogP contribution is 2.29. The third kappa shape index (κ3) is 3.06. The Bertz CT molecular complexity index is 382. The van der Waals surface area contributed by atoms with Crippen LogP contribution in [0, 0.1) is 0 Å². The van der Waals surface area contributed by atoms with Crippen LogP contribution in [0.1, 0.15) is 6.92 Å². The number of hydrogen-bond donors (Lipinski definition) is 0. The Labute approximate surface area is 95.9 Å². The van der Waals surface area contributed by atoms with Gasteiger partial charge in [0.05, 0.1) is 11.6 Å². The molecular weight excluding hydrogens is 242 g/mol. The lowest BCUT2D eigenvalue weighted by atomic mass is 10.3. The number of rotatable bonds is 4. The molecule has 0 heterocycles. The molecule has 1 aromatic rings. The summed E-state index contributed by atoms with van der Waals surface area (Å²) in [4.78, 5) is 10.8. The van der Waals surface area contributed by atoms with Gasteiger partial charge in [-0.25, -0.2) is 4.79 Å². The minimum absolute atomic E-state index is 0.00789. The minimum atomic E-state index is -4.04. The second kappa shape index (κ2) is 5.12. The summed E-state index contributed by atoms with van der Waals surface area (Å²) in [5, 5.41) is -0.00789. The molecule has 16 heavy (non-hydrogen) atoms. The van der Waals surface area contributed by atoms with E-state index in [0.29, 0.717) is 0 Å². The van der Waals surface area contributed by atoms with Gasteiger partial charge in [0.15, 0.2) is 0 Å². The van der Waals surface area contributed by atoms with Crippen LogP contribution in [-0.4, -0.2) is 18.7 Å². The highest BCUT2D eigenvalue weighted by molar-refractivity contribution is 6.32. The summed E-state index contributed by atoms with van der Waals surface area (Å²) >= 11 is 5.60. The third-order valence-electron chi connectivity index (χ3n) is 1.59. The Morgan fingerprint density at radius 1 is 1.44 bits per heavy atom. The van der Waals surface area contributed by atoms with Crippen molar-refractivity contribution in [3.63, 3.8) is 0 Å². The third-order valence-corrected chi connectivity index (χ3v) is 1.90. The lowest BCUT2D eigenvalue weighted by Gasteiger charge is -2.16. The average Bonchev–Trinajstić information content (AvgIpc) is 2.21. The number of alkyl halides is 2. The van der Waals surface area contributed by atoms with E-state index in [9.17, 15) is 13.6 Å². The summed E-state index contributed by atoms with van der Waals surface area (Å²) in [6, 6.07) is 5.62.